The van der Waals surface area contributed by atoms with E-state index in [9.17, 15) is 5.11 Å². The van der Waals surface area contributed by atoms with E-state index >= 15 is 0 Å². The number of benzene rings is 1. The molecule has 17 heavy (non-hydrogen) atoms. The van der Waals surface area contributed by atoms with E-state index < -0.39 is 0 Å². The molecular weight excluding hydrogens is 212 g/mol. The topological polar surface area (TPSA) is 38.1 Å². The van der Waals surface area contributed by atoms with Crippen molar-refractivity contribution in [3.63, 3.8) is 0 Å². The lowest BCUT2D eigenvalue weighted by Gasteiger charge is -2.07. The number of rotatable bonds is 2. The van der Waals surface area contributed by atoms with Crippen molar-refractivity contribution in [1.82, 2.24) is 9.55 Å². The number of nitrogens with zero attached hydrogens (tertiary/aromatic N) is 2. The maximum Gasteiger partial charge on any atom is 0.140 e. The van der Waals surface area contributed by atoms with E-state index in [1.165, 1.54) is 11.1 Å². The molecule has 0 aliphatic rings. The Morgan fingerprint density at radius 3 is 2.47 bits per heavy atom. The first-order valence-corrected chi connectivity index (χ1v) is 5.75. The van der Waals surface area contributed by atoms with Gasteiger partial charge < -0.3 is 9.67 Å². The van der Waals surface area contributed by atoms with E-state index in [1.807, 2.05) is 18.5 Å². The molecule has 0 saturated heterocycles. The van der Waals surface area contributed by atoms with Crippen LogP contribution in [0.3, 0.4) is 0 Å². The monoisotopic (exact) mass is 230 g/mol. The number of aromatic nitrogens is 2. The standard InChI is InChI=1S/C14H18N2O/c1-9-5-6-12(10(2)7-9)14-15-13(8-17)11(3)16(14)4/h5-7,17H,8H2,1-4H3. The first-order valence-electron chi connectivity index (χ1n) is 5.75. The molecule has 0 radical (unpaired) electrons. The number of hydrogen-bond donors (Lipinski definition) is 1. The number of aliphatic hydroxyl groups is 1. The molecule has 1 N–H and O–H groups in total. The van der Waals surface area contributed by atoms with Crippen molar-refractivity contribution in [3.05, 3.63) is 40.7 Å². The van der Waals surface area contributed by atoms with Gasteiger partial charge in [-0.2, -0.15) is 0 Å². The molecule has 0 bridgehead atoms. The number of hydrogen-bond acceptors (Lipinski definition) is 2. The molecule has 2 rings (SSSR count). The lowest BCUT2D eigenvalue weighted by Crippen LogP contribution is -1.96. The number of imidazole rings is 1. The summed E-state index contributed by atoms with van der Waals surface area (Å²) in [5.41, 5.74) is 5.35. The lowest BCUT2D eigenvalue weighted by molar-refractivity contribution is 0.276. The molecule has 0 fully saturated rings. The zero-order chi connectivity index (χ0) is 12.6. The highest BCUT2D eigenvalue weighted by atomic mass is 16.3. The molecule has 0 aliphatic heterocycles. The van der Waals surface area contributed by atoms with Crippen LogP contribution in [-0.4, -0.2) is 14.7 Å². The van der Waals surface area contributed by atoms with Crippen molar-refractivity contribution in [1.29, 1.82) is 0 Å². The van der Waals surface area contributed by atoms with Gasteiger partial charge in [-0.1, -0.05) is 23.8 Å². The summed E-state index contributed by atoms with van der Waals surface area (Å²) in [5, 5.41) is 9.24. The molecule has 0 spiro atoms. The van der Waals surface area contributed by atoms with Crippen LogP contribution in [-0.2, 0) is 13.7 Å². The first kappa shape index (κ1) is 11.9. The molecule has 1 aromatic heterocycles. The van der Waals surface area contributed by atoms with E-state index in [-0.39, 0.29) is 6.61 Å². The van der Waals surface area contributed by atoms with Gasteiger partial charge in [0.1, 0.15) is 5.82 Å². The number of aliphatic hydroxyl groups excluding tert-OH is 1. The highest BCUT2D eigenvalue weighted by Crippen LogP contribution is 2.25. The summed E-state index contributed by atoms with van der Waals surface area (Å²) in [6.45, 7) is 6.14. The largest absolute Gasteiger partial charge is 0.390 e. The van der Waals surface area contributed by atoms with Crippen molar-refractivity contribution in [2.45, 2.75) is 27.4 Å². The Kier molecular flexibility index (Phi) is 3.03. The summed E-state index contributed by atoms with van der Waals surface area (Å²) in [6, 6.07) is 6.33. The first-order chi connectivity index (χ1) is 8.04. The minimum atomic E-state index is -0.00934. The molecule has 3 nitrogen and oxygen atoms in total. The lowest BCUT2D eigenvalue weighted by atomic mass is 10.1. The Labute approximate surface area is 102 Å². The Hall–Kier alpha value is -1.61. The fraction of sp³-hybridized carbons (Fsp3) is 0.357. The van der Waals surface area contributed by atoms with Gasteiger partial charge in [0, 0.05) is 18.3 Å². The third-order valence-corrected chi connectivity index (χ3v) is 3.25. The average Bonchev–Trinajstić information content (AvgIpc) is 2.57. The normalized spacial score (nSPS) is 10.9. The van der Waals surface area contributed by atoms with E-state index in [2.05, 4.69) is 37.0 Å². The summed E-state index contributed by atoms with van der Waals surface area (Å²) in [4.78, 5) is 4.50. The predicted octanol–water partition coefficient (Wildman–Crippen LogP) is 2.50. The van der Waals surface area contributed by atoms with Crippen LogP contribution in [0, 0.1) is 20.8 Å². The summed E-state index contributed by atoms with van der Waals surface area (Å²) < 4.78 is 2.03. The van der Waals surface area contributed by atoms with E-state index in [4.69, 9.17) is 0 Å². The van der Waals surface area contributed by atoms with E-state index in [0.717, 1.165) is 22.8 Å². The van der Waals surface area contributed by atoms with Crippen molar-refractivity contribution >= 4 is 0 Å². The Morgan fingerprint density at radius 2 is 1.94 bits per heavy atom. The third-order valence-electron chi connectivity index (χ3n) is 3.25. The van der Waals surface area contributed by atoms with Gasteiger partial charge in [-0.15, -0.1) is 0 Å². The minimum absolute atomic E-state index is 0.00934. The van der Waals surface area contributed by atoms with Crippen LogP contribution in [0.2, 0.25) is 0 Å². The fourth-order valence-electron chi connectivity index (χ4n) is 2.09. The summed E-state index contributed by atoms with van der Waals surface area (Å²) >= 11 is 0. The number of aryl methyl sites for hydroxylation is 2. The van der Waals surface area contributed by atoms with Gasteiger partial charge in [0.2, 0.25) is 0 Å². The second-order valence-electron chi connectivity index (χ2n) is 4.50. The highest BCUT2D eigenvalue weighted by Gasteiger charge is 2.13. The molecule has 1 heterocycles. The van der Waals surface area contributed by atoms with Gasteiger partial charge in [-0.25, -0.2) is 4.98 Å². The zero-order valence-corrected chi connectivity index (χ0v) is 10.8. The van der Waals surface area contributed by atoms with Crippen molar-refractivity contribution in [2.24, 2.45) is 7.05 Å². The van der Waals surface area contributed by atoms with Crippen LogP contribution in [0.1, 0.15) is 22.5 Å². The Balaban J connectivity index is 2.60. The van der Waals surface area contributed by atoms with Gasteiger partial charge in [0.25, 0.3) is 0 Å². The van der Waals surface area contributed by atoms with Crippen LogP contribution in [0.4, 0.5) is 0 Å². The van der Waals surface area contributed by atoms with Gasteiger partial charge in [0.15, 0.2) is 0 Å². The van der Waals surface area contributed by atoms with Crippen molar-refractivity contribution in [2.75, 3.05) is 0 Å². The van der Waals surface area contributed by atoms with Crippen molar-refractivity contribution in [3.8, 4) is 11.4 Å². The quantitative estimate of drug-likeness (QED) is 0.860. The summed E-state index contributed by atoms with van der Waals surface area (Å²) in [7, 11) is 1.98. The molecule has 2 aromatic rings. The van der Waals surface area contributed by atoms with Crippen LogP contribution < -0.4 is 0 Å². The zero-order valence-electron chi connectivity index (χ0n) is 10.8. The molecule has 3 heteroatoms. The minimum Gasteiger partial charge on any atom is -0.390 e. The smallest absolute Gasteiger partial charge is 0.140 e. The SMILES string of the molecule is Cc1ccc(-c2nc(CO)c(C)n2C)c(C)c1. The molecule has 0 unspecified atom stereocenters. The molecule has 0 amide bonds. The predicted molar refractivity (Wildman–Crippen MR) is 68.8 cm³/mol. The van der Waals surface area contributed by atoms with Crippen molar-refractivity contribution < 1.29 is 5.11 Å². The Morgan fingerprint density at radius 1 is 1.24 bits per heavy atom. The van der Waals surface area contributed by atoms with Gasteiger partial charge in [-0.3, -0.25) is 0 Å². The second kappa shape index (κ2) is 4.34. The summed E-state index contributed by atoms with van der Waals surface area (Å²) in [5.74, 6) is 0.920. The van der Waals surface area contributed by atoms with Gasteiger partial charge in [0.05, 0.1) is 12.3 Å². The molecule has 1 aromatic carbocycles. The van der Waals surface area contributed by atoms with Gasteiger partial charge in [-0.05, 0) is 26.3 Å². The van der Waals surface area contributed by atoms with E-state index in [0.29, 0.717) is 0 Å². The fourth-order valence-corrected chi connectivity index (χ4v) is 2.09. The van der Waals surface area contributed by atoms with E-state index in [1.54, 1.807) is 0 Å². The van der Waals surface area contributed by atoms with Crippen LogP contribution in [0.5, 0.6) is 0 Å². The Bertz CT molecular complexity index is 556. The summed E-state index contributed by atoms with van der Waals surface area (Å²) in [6.07, 6.45) is 0. The maximum atomic E-state index is 9.24. The third kappa shape index (κ3) is 1.98. The van der Waals surface area contributed by atoms with Crippen LogP contribution >= 0.6 is 0 Å². The molecule has 90 valence electrons. The maximum absolute atomic E-state index is 9.24. The van der Waals surface area contributed by atoms with Crippen LogP contribution in [0.25, 0.3) is 11.4 Å². The molecule has 0 atom stereocenters. The average molecular weight is 230 g/mol. The van der Waals surface area contributed by atoms with Gasteiger partial charge >= 0.3 is 0 Å². The highest BCUT2D eigenvalue weighted by molar-refractivity contribution is 5.62. The molecule has 0 aliphatic carbocycles. The molecular formula is C14H18N2O. The van der Waals surface area contributed by atoms with Crippen LogP contribution in [0.15, 0.2) is 18.2 Å². The molecule has 0 saturated carbocycles. The second-order valence-corrected chi connectivity index (χ2v) is 4.50.